The Bertz CT molecular complexity index is 1450. The van der Waals surface area contributed by atoms with Gasteiger partial charge >= 0.3 is 0 Å². The van der Waals surface area contributed by atoms with E-state index in [-0.39, 0.29) is 42.8 Å². The summed E-state index contributed by atoms with van der Waals surface area (Å²) in [6.07, 6.45) is 6.50. The van der Waals surface area contributed by atoms with E-state index in [2.05, 4.69) is 20.1 Å². The molecule has 6 rings (SSSR count). The zero-order valence-corrected chi connectivity index (χ0v) is 25.3. The lowest BCUT2D eigenvalue weighted by Gasteiger charge is -2.41. The first kappa shape index (κ1) is 31.7. The molecular weight excluding hydrogens is 575 g/mol. The Hall–Kier alpha value is -3.24. The summed E-state index contributed by atoms with van der Waals surface area (Å²) in [6, 6.07) is 19.3. The molecule has 1 aliphatic heterocycles. The average molecular weight is 614 g/mol. The molecule has 2 fully saturated rings. The number of benzene rings is 2. The van der Waals surface area contributed by atoms with E-state index in [1.165, 1.54) is 0 Å². The number of piperazine rings is 1. The van der Waals surface area contributed by atoms with Crippen LogP contribution < -0.4 is 5.32 Å². The quantitative estimate of drug-likeness (QED) is 0.289. The van der Waals surface area contributed by atoms with Crippen LogP contribution in [-0.4, -0.2) is 66.9 Å². The predicted molar refractivity (Wildman–Crippen MR) is 166 cm³/mol. The fourth-order valence-electron chi connectivity index (χ4n) is 6.23. The van der Waals surface area contributed by atoms with Crippen LogP contribution in [0.15, 0.2) is 71.4 Å². The summed E-state index contributed by atoms with van der Waals surface area (Å²) in [6.45, 7) is 3.90. The topological polar surface area (TPSA) is 109 Å². The summed E-state index contributed by atoms with van der Waals surface area (Å²) >= 11 is 0. The van der Waals surface area contributed by atoms with E-state index >= 15 is 0 Å². The minimum absolute atomic E-state index is 0. The molecule has 0 bridgehead atoms. The highest BCUT2D eigenvalue weighted by atomic mass is 35.5. The van der Waals surface area contributed by atoms with Crippen LogP contribution >= 0.6 is 24.8 Å². The maximum atomic E-state index is 14.2. The Morgan fingerprint density at radius 3 is 2.48 bits per heavy atom. The first-order valence-corrected chi connectivity index (χ1v) is 14.3. The van der Waals surface area contributed by atoms with Gasteiger partial charge in [0.05, 0.1) is 29.7 Å². The summed E-state index contributed by atoms with van der Waals surface area (Å²) in [7, 11) is 0. The smallest absolute Gasteiger partial charge is 0.275 e. The second kappa shape index (κ2) is 13.8. The van der Waals surface area contributed by atoms with E-state index in [4.69, 9.17) is 9.40 Å². The summed E-state index contributed by atoms with van der Waals surface area (Å²) in [4.78, 5) is 20.8. The third-order valence-corrected chi connectivity index (χ3v) is 8.46. The van der Waals surface area contributed by atoms with Crippen LogP contribution in [0.1, 0.15) is 61.4 Å². The number of carbonyl (C=O) groups excluding carboxylic acids is 1. The molecule has 1 saturated heterocycles. The van der Waals surface area contributed by atoms with E-state index in [0.717, 1.165) is 42.5 Å². The minimum Gasteiger partial charge on any atom is -0.421 e. The zero-order valence-electron chi connectivity index (χ0n) is 23.7. The molecule has 3 heterocycles. The Morgan fingerprint density at radius 1 is 1.05 bits per heavy atom. The molecule has 1 saturated carbocycles. The van der Waals surface area contributed by atoms with Crippen molar-refractivity contribution in [1.29, 1.82) is 0 Å². The van der Waals surface area contributed by atoms with Crippen molar-refractivity contribution in [2.24, 2.45) is 0 Å². The van der Waals surface area contributed by atoms with Crippen molar-refractivity contribution in [3.05, 3.63) is 78.6 Å². The maximum absolute atomic E-state index is 14.2. The van der Waals surface area contributed by atoms with Gasteiger partial charge in [0.1, 0.15) is 0 Å². The van der Waals surface area contributed by atoms with Gasteiger partial charge in [-0.25, -0.2) is 4.98 Å². The van der Waals surface area contributed by atoms with Gasteiger partial charge in [-0.05, 0) is 31.4 Å². The zero-order chi connectivity index (χ0) is 27.5. The van der Waals surface area contributed by atoms with Gasteiger partial charge in [-0.3, -0.25) is 4.79 Å². The first-order valence-electron chi connectivity index (χ1n) is 14.3. The highest BCUT2D eigenvalue weighted by molar-refractivity contribution is 5.98. The number of carbonyl (C=O) groups is 1. The highest BCUT2D eigenvalue weighted by Gasteiger charge is 2.41. The molecule has 224 valence electrons. The second-order valence-corrected chi connectivity index (χ2v) is 10.9. The molecule has 0 spiro atoms. The number of hydrogen-bond donors (Lipinski definition) is 2. The number of halogens is 2. The number of hydrogen-bond acceptors (Lipinski definition) is 7. The predicted octanol–water partition coefficient (Wildman–Crippen LogP) is 5.36. The molecule has 3 atom stereocenters. The average Bonchev–Trinajstić information content (AvgIpc) is 3.66. The fraction of sp³-hybridized carbons (Fsp3) is 0.419. The number of rotatable bonds is 7. The third kappa shape index (κ3) is 6.24. The molecule has 2 aliphatic rings. The van der Waals surface area contributed by atoms with Crippen LogP contribution in [0.5, 0.6) is 0 Å². The number of nitrogens with zero attached hydrogens (tertiary/aromatic N) is 5. The Morgan fingerprint density at radius 2 is 1.76 bits per heavy atom. The molecule has 4 aromatic rings. The largest absolute Gasteiger partial charge is 0.421 e. The number of imidazole rings is 1. The minimum atomic E-state index is -0.825. The van der Waals surface area contributed by atoms with Gasteiger partial charge in [-0.15, -0.1) is 35.0 Å². The molecule has 11 heteroatoms. The van der Waals surface area contributed by atoms with Gasteiger partial charge in [0.2, 0.25) is 11.8 Å². The Balaban J connectivity index is 0.00000202. The van der Waals surface area contributed by atoms with Crippen molar-refractivity contribution >= 4 is 30.7 Å². The van der Waals surface area contributed by atoms with Crippen LogP contribution in [0.2, 0.25) is 0 Å². The lowest BCUT2D eigenvalue weighted by atomic mass is 9.78. The van der Waals surface area contributed by atoms with Gasteiger partial charge in [-0.1, -0.05) is 68.3 Å². The van der Waals surface area contributed by atoms with E-state index in [1.807, 2.05) is 72.5 Å². The summed E-state index contributed by atoms with van der Waals surface area (Å²) < 4.78 is 8.04. The molecule has 2 aromatic heterocycles. The fourth-order valence-corrected chi connectivity index (χ4v) is 6.23. The van der Waals surface area contributed by atoms with Crippen LogP contribution in [0.3, 0.4) is 0 Å². The molecule has 0 unspecified atom stereocenters. The van der Waals surface area contributed by atoms with Gasteiger partial charge in [0.15, 0.2) is 5.69 Å². The van der Waals surface area contributed by atoms with Gasteiger partial charge in [0.25, 0.3) is 5.91 Å². The Kier molecular flexibility index (Phi) is 10.4. The molecule has 9 nitrogen and oxygen atoms in total. The van der Waals surface area contributed by atoms with Gasteiger partial charge < -0.3 is 24.3 Å². The lowest BCUT2D eigenvalue weighted by molar-refractivity contribution is -0.0439. The van der Waals surface area contributed by atoms with E-state index in [0.29, 0.717) is 50.0 Å². The number of aliphatic hydroxyl groups is 1. The lowest BCUT2D eigenvalue weighted by Crippen LogP contribution is -2.54. The third-order valence-electron chi connectivity index (χ3n) is 8.46. The van der Waals surface area contributed by atoms with E-state index < -0.39 is 5.60 Å². The summed E-state index contributed by atoms with van der Waals surface area (Å²) in [5, 5.41) is 23.5. The first-order chi connectivity index (χ1) is 19.6. The molecule has 1 aliphatic carbocycles. The van der Waals surface area contributed by atoms with Gasteiger partial charge in [0, 0.05) is 37.2 Å². The van der Waals surface area contributed by atoms with Crippen molar-refractivity contribution in [3.8, 4) is 22.7 Å². The summed E-state index contributed by atoms with van der Waals surface area (Å²) in [5.41, 5.74) is 2.14. The van der Waals surface area contributed by atoms with Crippen LogP contribution in [0.25, 0.3) is 22.7 Å². The van der Waals surface area contributed by atoms with E-state index in [9.17, 15) is 9.90 Å². The summed E-state index contributed by atoms with van der Waals surface area (Å²) in [5.74, 6) is 0.843. The van der Waals surface area contributed by atoms with Crippen LogP contribution in [0.4, 0.5) is 0 Å². The number of amides is 1. The second-order valence-electron chi connectivity index (χ2n) is 10.9. The number of aromatic nitrogens is 4. The van der Waals surface area contributed by atoms with Crippen molar-refractivity contribution in [1.82, 2.24) is 30.0 Å². The Labute approximate surface area is 258 Å². The molecule has 1 amide bonds. The monoisotopic (exact) mass is 612 g/mol. The molecule has 42 heavy (non-hydrogen) atoms. The van der Waals surface area contributed by atoms with E-state index in [1.54, 1.807) is 6.33 Å². The van der Waals surface area contributed by atoms with Crippen LogP contribution in [-0.2, 0) is 6.42 Å². The van der Waals surface area contributed by atoms with Crippen molar-refractivity contribution in [3.63, 3.8) is 0 Å². The molecule has 0 radical (unpaired) electrons. The standard InChI is InChI=1S/C31H36N6O3.2ClH/c1-2-31(39)16-10-9-15-25(31)37-21-33-27(28(37)22-11-5-3-6-12-22)30(38)36-18-17-32-20-24(36)19-26-34-35-29(40-26)23-13-7-4-8-14-23;;/h3-8,11-14,21,24-25,32,39H,2,9-10,15-20H2,1H3;2*1H/t24-,25-,31+;;/m1../s1. The van der Waals surface area contributed by atoms with Crippen molar-refractivity contribution in [2.45, 2.75) is 63.1 Å². The van der Waals surface area contributed by atoms with Crippen LogP contribution in [0, 0.1) is 0 Å². The molecule has 2 N–H and O–H groups in total. The van der Waals surface area contributed by atoms with Crippen molar-refractivity contribution in [2.75, 3.05) is 19.6 Å². The van der Waals surface area contributed by atoms with Crippen molar-refractivity contribution < 1.29 is 14.3 Å². The maximum Gasteiger partial charge on any atom is 0.275 e. The molecule has 2 aromatic carbocycles. The normalized spacial score (nSPS) is 22.2. The highest BCUT2D eigenvalue weighted by Crippen LogP contribution is 2.42. The van der Waals surface area contributed by atoms with Gasteiger partial charge in [-0.2, -0.15) is 0 Å². The SMILES string of the molecule is CC[C@]1(O)CCCC[C@H]1n1cnc(C(=O)N2CCNC[C@H]2Cc2nnc(-c3ccccc3)o2)c1-c1ccccc1.Cl.Cl. The molecular formula is C31H38Cl2N6O3. The number of nitrogens with one attached hydrogen (secondary N) is 1.